The number of aromatic nitrogens is 2. The summed E-state index contributed by atoms with van der Waals surface area (Å²) in [6.45, 7) is 3.73. The lowest BCUT2D eigenvalue weighted by molar-refractivity contribution is -0.118. The maximum Gasteiger partial charge on any atom is 0.282 e. The van der Waals surface area contributed by atoms with Crippen molar-refractivity contribution in [3.05, 3.63) is 97.4 Å². The topological polar surface area (TPSA) is 85.6 Å². The number of para-hydroxylation sites is 1. The maximum absolute atomic E-state index is 13.3. The average molecular weight is 598 g/mol. The number of amides is 1. The van der Waals surface area contributed by atoms with Crippen molar-refractivity contribution in [2.45, 2.75) is 19.8 Å². The van der Waals surface area contributed by atoms with Crippen molar-refractivity contribution in [3.63, 3.8) is 0 Å². The predicted molar refractivity (Wildman–Crippen MR) is 145 cm³/mol. The number of nitrogens with one attached hydrogen (secondary N) is 1. The van der Waals surface area contributed by atoms with E-state index in [0.29, 0.717) is 33.7 Å². The summed E-state index contributed by atoms with van der Waals surface area (Å²) in [4.78, 5) is 30.2. The number of nitrogens with zero attached hydrogens (tertiary/aromatic N) is 3. The third-order valence-electron chi connectivity index (χ3n) is 5.05. The molecule has 1 heterocycles. The van der Waals surface area contributed by atoms with Crippen LogP contribution >= 0.6 is 31.9 Å². The smallest absolute Gasteiger partial charge is 0.282 e. The zero-order valence-corrected chi connectivity index (χ0v) is 22.2. The molecule has 0 aliphatic heterocycles. The van der Waals surface area contributed by atoms with Crippen LogP contribution in [0.15, 0.2) is 85.6 Å². The van der Waals surface area contributed by atoms with Gasteiger partial charge in [0.15, 0.2) is 6.61 Å². The molecule has 1 aromatic heterocycles. The van der Waals surface area contributed by atoms with Gasteiger partial charge in [0.25, 0.3) is 11.5 Å². The first-order valence-corrected chi connectivity index (χ1v) is 12.4. The van der Waals surface area contributed by atoms with Gasteiger partial charge in [0.1, 0.15) is 11.6 Å². The quantitative estimate of drug-likeness (QED) is 0.267. The Morgan fingerprint density at radius 2 is 1.80 bits per heavy atom. The maximum atomic E-state index is 13.3. The summed E-state index contributed by atoms with van der Waals surface area (Å²) < 4.78 is 8.68. The highest BCUT2D eigenvalue weighted by Gasteiger charge is 2.14. The SMILES string of the molecule is CC(C)c1nc2ccc(Br)cc2c(=O)n1N=Cc1cc(Br)ccc1OCC(=O)Nc1ccccc1. The van der Waals surface area contributed by atoms with E-state index < -0.39 is 0 Å². The summed E-state index contributed by atoms with van der Waals surface area (Å²) in [7, 11) is 0. The van der Waals surface area contributed by atoms with E-state index in [2.05, 4.69) is 47.3 Å². The van der Waals surface area contributed by atoms with Crippen molar-refractivity contribution in [1.29, 1.82) is 0 Å². The van der Waals surface area contributed by atoms with Gasteiger partial charge < -0.3 is 10.1 Å². The molecule has 0 aliphatic rings. The molecule has 4 rings (SSSR count). The van der Waals surface area contributed by atoms with E-state index >= 15 is 0 Å². The van der Waals surface area contributed by atoms with Gasteiger partial charge >= 0.3 is 0 Å². The van der Waals surface area contributed by atoms with Crippen LogP contribution in [0.1, 0.15) is 31.2 Å². The fraction of sp³-hybridized carbons (Fsp3) is 0.154. The summed E-state index contributed by atoms with van der Waals surface area (Å²) in [5, 5.41) is 7.72. The number of anilines is 1. The molecule has 35 heavy (non-hydrogen) atoms. The first kappa shape index (κ1) is 24.8. The summed E-state index contributed by atoms with van der Waals surface area (Å²) >= 11 is 6.87. The molecule has 3 aromatic carbocycles. The van der Waals surface area contributed by atoms with Gasteiger partial charge in [-0.25, -0.2) is 4.98 Å². The molecule has 1 amide bonds. The molecular formula is C26H22Br2N4O3. The largest absolute Gasteiger partial charge is 0.483 e. The lowest BCUT2D eigenvalue weighted by Crippen LogP contribution is -2.23. The molecule has 0 spiro atoms. The van der Waals surface area contributed by atoms with Gasteiger partial charge in [-0.3, -0.25) is 9.59 Å². The van der Waals surface area contributed by atoms with E-state index in [0.717, 1.165) is 8.95 Å². The molecule has 9 heteroatoms. The standard InChI is InChI=1S/C26H22Br2N4O3/c1-16(2)25-31-22-10-8-19(28)13-21(22)26(34)32(25)29-14-17-12-18(27)9-11-23(17)35-15-24(33)30-20-6-4-3-5-7-20/h3-14,16H,15H2,1-2H3,(H,30,33). The van der Waals surface area contributed by atoms with E-state index in [1.165, 1.54) is 10.9 Å². The highest BCUT2D eigenvalue weighted by molar-refractivity contribution is 9.10. The van der Waals surface area contributed by atoms with Gasteiger partial charge in [0.05, 0.1) is 17.1 Å². The van der Waals surface area contributed by atoms with Gasteiger partial charge in [0.2, 0.25) is 0 Å². The van der Waals surface area contributed by atoms with Crippen molar-refractivity contribution in [2.24, 2.45) is 5.10 Å². The number of hydrogen-bond acceptors (Lipinski definition) is 5. The highest BCUT2D eigenvalue weighted by Crippen LogP contribution is 2.23. The molecule has 0 saturated carbocycles. The number of benzene rings is 3. The Kier molecular flexibility index (Phi) is 7.77. The lowest BCUT2D eigenvalue weighted by atomic mass is 10.2. The summed E-state index contributed by atoms with van der Waals surface area (Å²) in [5.74, 6) is 0.675. The summed E-state index contributed by atoms with van der Waals surface area (Å²) in [6.07, 6.45) is 1.54. The minimum Gasteiger partial charge on any atom is -0.483 e. The minimum atomic E-state index is -0.287. The minimum absolute atomic E-state index is 0.0344. The second-order valence-electron chi connectivity index (χ2n) is 8.03. The van der Waals surface area contributed by atoms with Gasteiger partial charge in [-0.1, -0.05) is 63.9 Å². The van der Waals surface area contributed by atoms with E-state index in [1.807, 2.05) is 50.2 Å². The van der Waals surface area contributed by atoms with E-state index in [9.17, 15) is 9.59 Å². The molecular weight excluding hydrogens is 576 g/mol. The van der Waals surface area contributed by atoms with Crippen molar-refractivity contribution in [3.8, 4) is 5.75 Å². The monoisotopic (exact) mass is 596 g/mol. The molecule has 0 bridgehead atoms. The Hall–Kier alpha value is -3.30. The molecule has 0 saturated heterocycles. The lowest BCUT2D eigenvalue weighted by Gasteiger charge is -2.13. The Labute approximate surface area is 219 Å². The summed E-state index contributed by atoms with van der Waals surface area (Å²) in [5.41, 5.74) is 1.64. The van der Waals surface area contributed by atoms with Crippen LogP contribution in [0.3, 0.4) is 0 Å². The molecule has 0 fully saturated rings. The van der Waals surface area contributed by atoms with Crippen LogP contribution in [0.5, 0.6) is 5.75 Å². The van der Waals surface area contributed by atoms with Crippen molar-refractivity contribution in [2.75, 3.05) is 11.9 Å². The van der Waals surface area contributed by atoms with Gasteiger partial charge in [0, 0.05) is 26.1 Å². The van der Waals surface area contributed by atoms with Crippen LogP contribution in [0.25, 0.3) is 10.9 Å². The molecule has 1 N–H and O–H groups in total. The second-order valence-corrected chi connectivity index (χ2v) is 9.86. The van der Waals surface area contributed by atoms with Crippen LogP contribution in [0.4, 0.5) is 5.69 Å². The average Bonchev–Trinajstić information content (AvgIpc) is 2.83. The Morgan fingerprint density at radius 1 is 1.09 bits per heavy atom. The predicted octanol–water partition coefficient (Wildman–Crippen LogP) is 5.94. The fourth-order valence-corrected chi connectivity index (χ4v) is 4.12. The molecule has 0 aliphatic carbocycles. The molecule has 7 nitrogen and oxygen atoms in total. The van der Waals surface area contributed by atoms with E-state index in [-0.39, 0.29) is 24.0 Å². The van der Waals surface area contributed by atoms with Crippen LogP contribution < -0.4 is 15.6 Å². The van der Waals surface area contributed by atoms with Crippen LogP contribution in [-0.4, -0.2) is 28.4 Å². The third-order valence-corrected chi connectivity index (χ3v) is 6.04. The summed E-state index contributed by atoms with van der Waals surface area (Å²) in [6, 6.07) is 19.9. The molecule has 4 aromatic rings. The first-order valence-electron chi connectivity index (χ1n) is 10.9. The Morgan fingerprint density at radius 3 is 2.54 bits per heavy atom. The number of ether oxygens (including phenoxy) is 1. The number of halogens is 2. The Bertz CT molecular complexity index is 1470. The van der Waals surface area contributed by atoms with Gasteiger partial charge in [-0.05, 0) is 48.5 Å². The third kappa shape index (κ3) is 6.04. The van der Waals surface area contributed by atoms with Gasteiger partial charge in [-0.15, -0.1) is 0 Å². The van der Waals surface area contributed by atoms with Crippen LogP contribution in [-0.2, 0) is 4.79 Å². The fourth-order valence-electron chi connectivity index (χ4n) is 3.38. The number of carbonyl (C=O) groups excluding carboxylic acids is 1. The highest BCUT2D eigenvalue weighted by atomic mass is 79.9. The number of fused-ring (bicyclic) bond motifs is 1. The normalized spacial score (nSPS) is 11.3. The second kappa shape index (κ2) is 11.0. The molecule has 178 valence electrons. The molecule has 0 atom stereocenters. The van der Waals surface area contributed by atoms with Crippen LogP contribution in [0, 0.1) is 0 Å². The number of carbonyl (C=O) groups is 1. The van der Waals surface area contributed by atoms with E-state index in [1.54, 1.807) is 30.3 Å². The number of hydrogen-bond donors (Lipinski definition) is 1. The zero-order chi connectivity index (χ0) is 24.9. The van der Waals surface area contributed by atoms with Crippen molar-refractivity contribution >= 4 is 60.6 Å². The van der Waals surface area contributed by atoms with Crippen molar-refractivity contribution < 1.29 is 9.53 Å². The van der Waals surface area contributed by atoms with E-state index in [4.69, 9.17) is 4.74 Å². The molecule has 0 unspecified atom stereocenters. The Balaban J connectivity index is 1.63. The van der Waals surface area contributed by atoms with Crippen molar-refractivity contribution in [1.82, 2.24) is 9.66 Å². The van der Waals surface area contributed by atoms with Gasteiger partial charge in [-0.2, -0.15) is 9.78 Å². The first-order chi connectivity index (χ1) is 16.8. The number of rotatable bonds is 7. The zero-order valence-electron chi connectivity index (χ0n) is 19.0. The van der Waals surface area contributed by atoms with Crippen LogP contribution in [0.2, 0.25) is 0 Å². The molecule has 0 radical (unpaired) electrons.